The summed E-state index contributed by atoms with van der Waals surface area (Å²) in [6.45, 7) is 6.90. The molecule has 0 saturated heterocycles. The van der Waals surface area contributed by atoms with E-state index in [2.05, 4.69) is 43.2 Å². The highest BCUT2D eigenvalue weighted by atomic mass is 16.5. The zero-order valence-corrected chi connectivity index (χ0v) is 18.0. The Morgan fingerprint density at radius 1 is 1.06 bits per heavy atom. The average Bonchev–Trinajstić information content (AvgIpc) is 3.21. The molecule has 4 rings (SSSR count). The van der Waals surface area contributed by atoms with Crippen LogP contribution in [-0.4, -0.2) is 17.5 Å². The molecule has 5 nitrogen and oxygen atoms in total. The highest BCUT2D eigenvalue weighted by Crippen LogP contribution is 2.27. The van der Waals surface area contributed by atoms with Crippen molar-refractivity contribution in [3.05, 3.63) is 77.9 Å². The van der Waals surface area contributed by atoms with E-state index < -0.39 is 0 Å². The largest absolute Gasteiger partial charge is 0.493 e. The van der Waals surface area contributed by atoms with Gasteiger partial charge in [-0.2, -0.15) is 0 Å². The summed E-state index contributed by atoms with van der Waals surface area (Å²) >= 11 is 0. The van der Waals surface area contributed by atoms with Crippen LogP contribution in [0.25, 0.3) is 22.6 Å². The van der Waals surface area contributed by atoms with Crippen LogP contribution in [0.1, 0.15) is 36.7 Å². The molecule has 0 radical (unpaired) electrons. The number of amides is 1. The van der Waals surface area contributed by atoms with Crippen molar-refractivity contribution in [1.29, 1.82) is 0 Å². The predicted molar refractivity (Wildman–Crippen MR) is 124 cm³/mol. The minimum atomic E-state index is -0.201. The van der Waals surface area contributed by atoms with Gasteiger partial charge in [0.05, 0.1) is 6.61 Å². The second-order valence-electron chi connectivity index (χ2n) is 7.94. The molecule has 1 N–H and O–H groups in total. The molecule has 31 heavy (non-hydrogen) atoms. The van der Waals surface area contributed by atoms with Gasteiger partial charge in [0, 0.05) is 16.8 Å². The fraction of sp³-hybridized carbons (Fsp3) is 0.231. The number of nitrogens with one attached hydrogen (secondary N) is 1. The van der Waals surface area contributed by atoms with E-state index in [1.54, 1.807) is 12.1 Å². The topological polar surface area (TPSA) is 64.4 Å². The second kappa shape index (κ2) is 9.04. The number of hydrogen-bond donors (Lipinski definition) is 1. The summed E-state index contributed by atoms with van der Waals surface area (Å²) in [5.41, 5.74) is 4.77. The third kappa shape index (κ3) is 4.94. The molecule has 0 spiro atoms. The van der Waals surface area contributed by atoms with Crippen LogP contribution in [0.15, 0.2) is 71.1 Å². The lowest BCUT2D eigenvalue weighted by Crippen LogP contribution is -2.12. The van der Waals surface area contributed by atoms with Crippen molar-refractivity contribution in [3.63, 3.8) is 0 Å². The highest BCUT2D eigenvalue weighted by molar-refractivity contribution is 6.05. The lowest BCUT2D eigenvalue weighted by atomic mass is 10.1. The van der Waals surface area contributed by atoms with E-state index in [0.29, 0.717) is 46.5 Å². The molecule has 1 aromatic heterocycles. The zero-order valence-electron chi connectivity index (χ0n) is 18.0. The number of oxazole rings is 1. The molecule has 0 bridgehead atoms. The van der Waals surface area contributed by atoms with E-state index in [1.807, 2.05) is 42.5 Å². The summed E-state index contributed by atoms with van der Waals surface area (Å²) < 4.78 is 11.6. The van der Waals surface area contributed by atoms with Gasteiger partial charge in [-0.15, -0.1) is 0 Å². The molecule has 1 heterocycles. The van der Waals surface area contributed by atoms with Crippen molar-refractivity contribution < 1.29 is 13.9 Å². The van der Waals surface area contributed by atoms with Gasteiger partial charge in [0.1, 0.15) is 11.3 Å². The SMILES string of the molecule is CCc1ccc(-c2nc3cc(NC(=O)c4cccc(OCC(C)C)c4)ccc3o2)cc1. The summed E-state index contributed by atoms with van der Waals surface area (Å²) in [7, 11) is 0. The first-order valence-corrected chi connectivity index (χ1v) is 10.6. The maximum atomic E-state index is 12.7. The van der Waals surface area contributed by atoms with Crippen molar-refractivity contribution in [1.82, 2.24) is 4.98 Å². The van der Waals surface area contributed by atoms with Gasteiger partial charge in [-0.3, -0.25) is 4.79 Å². The maximum absolute atomic E-state index is 12.7. The Balaban J connectivity index is 1.51. The van der Waals surface area contributed by atoms with E-state index >= 15 is 0 Å². The molecule has 3 aromatic carbocycles. The molecule has 4 aromatic rings. The van der Waals surface area contributed by atoms with Crippen molar-refractivity contribution in [3.8, 4) is 17.2 Å². The van der Waals surface area contributed by atoms with Crippen LogP contribution >= 0.6 is 0 Å². The molecule has 0 aliphatic heterocycles. The van der Waals surface area contributed by atoms with Gasteiger partial charge in [0.15, 0.2) is 5.58 Å². The minimum absolute atomic E-state index is 0.201. The van der Waals surface area contributed by atoms with Gasteiger partial charge in [-0.25, -0.2) is 4.98 Å². The molecule has 158 valence electrons. The van der Waals surface area contributed by atoms with Gasteiger partial charge in [0.25, 0.3) is 5.91 Å². The first-order chi connectivity index (χ1) is 15.0. The average molecular weight is 415 g/mol. The molecular formula is C26H26N2O3. The second-order valence-corrected chi connectivity index (χ2v) is 7.94. The number of fused-ring (bicyclic) bond motifs is 1. The molecule has 0 fully saturated rings. The molecular weight excluding hydrogens is 388 g/mol. The summed E-state index contributed by atoms with van der Waals surface area (Å²) in [4.78, 5) is 17.3. The van der Waals surface area contributed by atoms with Crippen LogP contribution in [0, 0.1) is 5.92 Å². The standard InChI is InChI=1S/C26H26N2O3/c1-4-18-8-10-19(11-9-18)26-28-23-15-21(12-13-24(23)31-26)27-25(29)20-6-5-7-22(14-20)30-16-17(2)3/h5-15,17H,4,16H2,1-3H3,(H,27,29). The Kier molecular flexibility index (Phi) is 6.03. The number of carbonyl (C=O) groups excluding carboxylic acids is 1. The van der Waals surface area contributed by atoms with E-state index in [1.165, 1.54) is 5.56 Å². The van der Waals surface area contributed by atoms with Crippen molar-refractivity contribution >= 4 is 22.7 Å². The molecule has 1 amide bonds. The normalized spacial score (nSPS) is 11.1. The Labute approximate surface area is 182 Å². The van der Waals surface area contributed by atoms with Crippen molar-refractivity contribution in [2.24, 2.45) is 5.92 Å². The van der Waals surface area contributed by atoms with E-state index in [9.17, 15) is 4.79 Å². The number of carbonyl (C=O) groups is 1. The summed E-state index contributed by atoms with van der Waals surface area (Å²) in [6.07, 6.45) is 0.990. The zero-order chi connectivity index (χ0) is 21.8. The lowest BCUT2D eigenvalue weighted by molar-refractivity contribution is 0.102. The van der Waals surface area contributed by atoms with Gasteiger partial charge >= 0.3 is 0 Å². The van der Waals surface area contributed by atoms with E-state index in [0.717, 1.165) is 12.0 Å². The maximum Gasteiger partial charge on any atom is 0.255 e. The van der Waals surface area contributed by atoms with Crippen molar-refractivity contribution in [2.75, 3.05) is 11.9 Å². The summed E-state index contributed by atoms with van der Waals surface area (Å²) in [5.74, 6) is 1.47. The van der Waals surface area contributed by atoms with Gasteiger partial charge in [-0.05, 0) is 66.4 Å². The van der Waals surface area contributed by atoms with Crippen LogP contribution in [0.3, 0.4) is 0 Å². The molecule has 0 aliphatic carbocycles. The smallest absolute Gasteiger partial charge is 0.255 e. The van der Waals surface area contributed by atoms with Crippen LogP contribution in [0.5, 0.6) is 5.75 Å². The van der Waals surface area contributed by atoms with E-state index in [-0.39, 0.29) is 5.91 Å². The Bertz CT molecular complexity index is 1190. The minimum Gasteiger partial charge on any atom is -0.493 e. The number of hydrogen-bond acceptors (Lipinski definition) is 4. The van der Waals surface area contributed by atoms with Crippen LogP contribution < -0.4 is 10.1 Å². The Morgan fingerprint density at radius 2 is 1.87 bits per heavy atom. The first-order valence-electron chi connectivity index (χ1n) is 10.6. The van der Waals surface area contributed by atoms with Crippen molar-refractivity contribution in [2.45, 2.75) is 27.2 Å². The third-order valence-corrected chi connectivity index (χ3v) is 4.93. The van der Waals surface area contributed by atoms with E-state index in [4.69, 9.17) is 9.15 Å². The number of ether oxygens (including phenoxy) is 1. The number of benzene rings is 3. The molecule has 0 atom stereocenters. The number of aryl methyl sites for hydroxylation is 1. The fourth-order valence-corrected chi connectivity index (χ4v) is 3.20. The molecule has 0 unspecified atom stereocenters. The van der Waals surface area contributed by atoms with Gasteiger partial charge in [0.2, 0.25) is 5.89 Å². The quantitative estimate of drug-likeness (QED) is 0.383. The van der Waals surface area contributed by atoms with Crippen LogP contribution in [-0.2, 0) is 6.42 Å². The Morgan fingerprint density at radius 3 is 2.61 bits per heavy atom. The van der Waals surface area contributed by atoms with Gasteiger partial charge in [-0.1, -0.05) is 39.0 Å². The fourth-order valence-electron chi connectivity index (χ4n) is 3.20. The number of aromatic nitrogens is 1. The first kappa shape index (κ1) is 20.7. The molecule has 0 saturated carbocycles. The van der Waals surface area contributed by atoms with Crippen LogP contribution in [0.4, 0.5) is 5.69 Å². The monoisotopic (exact) mass is 414 g/mol. The lowest BCUT2D eigenvalue weighted by Gasteiger charge is -2.10. The molecule has 0 aliphatic rings. The Hall–Kier alpha value is -3.60. The number of rotatable bonds is 7. The highest BCUT2D eigenvalue weighted by Gasteiger charge is 2.12. The van der Waals surface area contributed by atoms with Gasteiger partial charge < -0.3 is 14.5 Å². The number of nitrogens with zero attached hydrogens (tertiary/aromatic N) is 1. The van der Waals surface area contributed by atoms with Crippen LogP contribution in [0.2, 0.25) is 0 Å². The molecule has 5 heteroatoms. The third-order valence-electron chi connectivity index (χ3n) is 4.93. The summed E-state index contributed by atoms with van der Waals surface area (Å²) in [6, 6.07) is 20.8. The number of anilines is 1. The summed E-state index contributed by atoms with van der Waals surface area (Å²) in [5, 5.41) is 2.93. The predicted octanol–water partition coefficient (Wildman–Crippen LogP) is 6.34.